The number of halogens is 1. The maximum atomic E-state index is 12.0. The highest BCUT2D eigenvalue weighted by atomic mass is 35.5. The molecule has 0 bridgehead atoms. The summed E-state index contributed by atoms with van der Waals surface area (Å²) in [4.78, 5) is 12.0. The van der Waals surface area contributed by atoms with Crippen molar-refractivity contribution in [1.82, 2.24) is 5.43 Å². The van der Waals surface area contributed by atoms with Crippen molar-refractivity contribution in [2.24, 2.45) is 5.10 Å². The van der Waals surface area contributed by atoms with E-state index in [1.54, 1.807) is 24.3 Å². The fraction of sp³-hybridized carbons (Fsp3) is 0.176. The number of carbonyl (C=O) groups excluding carboxylic acids is 1. The summed E-state index contributed by atoms with van der Waals surface area (Å²) in [7, 11) is 0. The van der Waals surface area contributed by atoms with Gasteiger partial charge in [0.1, 0.15) is 0 Å². The molecule has 108 valence electrons. The molecule has 4 heteroatoms. The van der Waals surface area contributed by atoms with Crippen LogP contribution in [0.1, 0.15) is 34.0 Å². The number of nitrogens with one attached hydrogen (secondary N) is 1. The van der Waals surface area contributed by atoms with Crippen molar-refractivity contribution in [3.8, 4) is 0 Å². The molecule has 0 aliphatic heterocycles. The number of aryl methyl sites for hydroxylation is 2. The van der Waals surface area contributed by atoms with Gasteiger partial charge in [-0.3, -0.25) is 4.79 Å². The number of hydrogen-bond donors (Lipinski definition) is 1. The fourth-order valence-corrected chi connectivity index (χ4v) is 2.09. The lowest BCUT2D eigenvalue weighted by atomic mass is 10.0. The lowest BCUT2D eigenvalue weighted by molar-refractivity contribution is 0.0955. The second-order valence-corrected chi connectivity index (χ2v) is 5.32. The van der Waals surface area contributed by atoms with Crippen molar-refractivity contribution in [2.75, 3.05) is 0 Å². The summed E-state index contributed by atoms with van der Waals surface area (Å²) in [5.41, 5.74) is 7.10. The predicted octanol–water partition coefficient (Wildman–Crippen LogP) is 4.11. The van der Waals surface area contributed by atoms with Crippen molar-refractivity contribution in [1.29, 1.82) is 0 Å². The quantitative estimate of drug-likeness (QED) is 0.672. The van der Waals surface area contributed by atoms with Crippen LogP contribution in [0.2, 0.25) is 5.02 Å². The first kappa shape index (κ1) is 15.3. The molecule has 0 heterocycles. The van der Waals surface area contributed by atoms with Gasteiger partial charge in [0, 0.05) is 0 Å². The molecule has 0 radical (unpaired) electrons. The van der Waals surface area contributed by atoms with Crippen LogP contribution in [-0.4, -0.2) is 11.6 Å². The van der Waals surface area contributed by atoms with Gasteiger partial charge in [0.2, 0.25) is 0 Å². The van der Waals surface area contributed by atoms with E-state index in [4.69, 9.17) is 11.6 Å². The molecule has 0 unspecified atom stereocenters. The Morgan fingerprint density at radius 1 is 1.10 bits per heavy atom. The maximum absolute atomic E-state index is 12.0. The van der Waals surface area contributed by atoms with Crippen LogP contribution in [0.3, 0.4) is 0 Å². The highest BCUT2D eigenvalue weighted by molar-refractivity contribution is 6.33. The number of hydrogen-bond acceptors (Lipinski definition) is 2. The molecule has 2 aromatic carbocycles. The summed E-state index contributed by atoms with van der Waals surface area (Å²) in [5.74, 6) is -0.316. The average molecular weight is 301 g/mol. The minimum absolute atomic E-state index is 0.316. The average Bonchev–Trinajstić information content (AvgIpc) is 2.47. The first-order chi connectivity index (χ1) is 9.99. The van der Waals surface area contributed by atoms with E-state index in [0.717, 1.165) is 11.3 Å². The first-order valence-electron chi connectivity index (χ1n) is 6.66. The second kappa shape index (κ2) is 6.55. The minimum atomic E-state index is -0.316. The smallest absolute Gasteiger partial charge is 0.267 e. The Kier molecular flexibility index (Phi) is 4.76. The SMILES string of the molecule is C/C(=N\NC(=O)c1ccccc1Cl)c1ccc(C)c(C)c1. The molecular weight excluding hydrogens is 284 g/mol. The van der Waals surface area contributed by atoms with E-state index < -0.39 is 0 Å². The Morgan fingerprint density at radius 2 is 1.81 bits per heavy atom. The molecule has 0 saturated carbocycles. The van der Waals surface area contributed by atoms with E-state index in [1.165, 1.54) is 11.1 Å². The molecule has 0 spiro atoms. The third-order valence-electron chi connectivity index (χ3n) is 3.37. The van der Waals surface area contributed by atoms with Crippen molar-refractivity contribution in [2.45, 2.75) is 20.8 Å². The third-order valence-corrected chi connectivity index (χ3v) is 3.70. The molecule has 2 aromatic rings. The van der Waals surface area contributed by atoms with E-state index in [2.05, 4.69) is 30.4 Å². The number of amides is 1. The number of carbonyl (C=O) groups is 1. The lowest BCUT2D eigenvalue weighted by Crippen LogP contribution is -2.19. The molecule has 3 nitrogen and oxygen atoms in total. The summed E-state index contributed by atoms with van der Waals surface area (Å²) in [6.07, 6.45) is 0. The van der Waals surface area contributed by atoms with Crippen molar-refractivity contribution >= 4 is 23.2 Å². The molecule has 0 atom stereocenters. The number of hydrazone groups is 1. The molecule has 2 rings (SSSR count). The molecule has 1 N–H and O–H groups in total. The van der Waals surface area contributed by atoms with E-state index in [-0.39, 0.29) is 5.91 Å². The molecule has 0 saturated heterocycles. The monoisotopic (exact) mass is 300 g/mol. The number of benzene rings is 2. The number of rotatable bonds is 3. The van der Waals surface area contributed by atoms with Crippen molar-refractivity contribution < 1.29 is 4.79 Å². The van der Waals surface area contributed by atoms with Gasteiger partial charge in [-0.05, 0) is 55.7 Å². The Balaban J connectivity index is 2.15. The summed E-state index contributed by atoms with van der Waals surface area (Å²) in [5, 5.41) is 4.55. The summed E-state index contributed by atoms with van der Waals surface area (Å²) >= 11 is 5.98. The van der Waals surface area contributed by atoms with Crippen LogP contribution in [0.15, 0.2) is 47.6 Å². The summed E-state index contributed by atoms with van der Waals surface area (Å²) < 4.78 is 0. The van der Waals surface area contributed by atoms with E-state index in [9.17, 15) is 4.79 Å². The Hall–Kier alpha value is -2.13. The van der Waals surface area contributed by atoms with Crippen molar-refractivity contribution in [3.05, 3.63) is 69.7 Å². The van der Waals surface area contributed by atoms with E-state index >= 15 is 0 Å². The predicted molar refractivity (Wildman–Crippen MR) is 87.0 cm³/mol. The zero-order valence-corrected chi connectivity index (χ0v) is 13.0. The second-order valence-electron chi connectivity index (χ2n) is 4.92. The number of nitrogens with zero attached hydrogens (tertiary/aromatic N) is 1. The standard InChI is InChI=1S/C17H17ClN2O/c1-11-8-9-14(10-12(11)2)13(3)19-20-17(21)15-6-4-5-7-16(15)18/h4-10H,1-3H3,(H,20,21)/b19-13+. The van der Waals surface area contributed by atoms with Crippen molar-refractivity contribution in [3.63, 3.8) is 0 Å². The summed E-state index contributed by atoms with van der Waals surface area (Å²) in [6, 6.07) is 13.0. The molecule has 0 fully saturated rings. The molecule has 0 aliphatic carbocycles. The minimum Gasteiger partial charge on any atom is -0.267 e. The fourth-order valence-electron chi connectivity index (χ4n) is 1.87. The van der Waals surface area contributed by atoms with Crippen LogP contribution in [0.5, 0.6) is 0 Å². The molecular formula is C17H17ClN2O. The van der Waals surface area contributed by atoms with Crippen LogP contribution < -0.4 is 5.43 Å². The van der Waals surface area contributed by atoms with Gasteiger partial charge < -0.3 is 0 Å². The van der Waals surface area contributed by atoms with E-state index in [0.29, 0.717) is 10.6 Å². The topological polar surface area (TPSA) is 41.5 Å². The highest BCUT2D eigenvalue weighted by Crippen LogP contribution is 2.14. The Morgan fingerprint density at radius 3 is 2.48 bits per heavy atom. The molecule has 0 aromatic heterocycles. The maximum Gasteiger partial charge on any atom is 0.272 e. The van der Waals surface area contributed by atoms with Gasteiger partial charge in [-0.25, -0.2) is 5.43 Å². The highest BCUT2D eigenvalue weighted by Gasteiger charge is 2.08. The third kappa shape index (κ3) is 3.70. The van der Waals surface area contributed by atoms with Crippen LogP contribution in [-0.2, 0) is 0 Å². The molecule has 0 aliphatic rings. The van der Waals surface area contributed by atoms with Crippen LogP contribution in [0.25, 0.3) is 0 Å². The first-order valence-corrected chi connectivity index (χ1v) is 7.03. The molecule has 21 heavy (non-hydrogen) atoms. The normalized spacial score (nSPS) is 11.3. The van der Waals surface area contributed by atoms with Gasteiger partial charge in [-0.2, -0.15) is 5.10 Å². The zero-order valence-electron chi connectivity index (χ0n) is 12.3. The lowest BCUT2D eigenvalue weighted by Gasteiger charge is -2.06. The Labute approximate surface area is 129 Å². The van der Waals surface area contributed by atoms with Gasteiger partial charge >= 0.3 is 0 Å². The van der Waals surface area contributed by atoms with Gasteiger partial charge in [0.05, 0.1) is 16.3 Å². The van der Waals surface area contributed by atoms with Crippen LogP contribution in [0, 0.1) is 13.8 Å². The largest absolute Gasteiger partial charge is 0.272 e. The molecule has 1 amide bonds. The Bertz CT molecular complexity index is 708. The van der Waals surface area contributed by atoms with E-state index in [1.807, 2.05) is 19.1 Å². The van der Waals surface area contributed by atoms with Gasteiger partial charge in [0.25, 0.3) is 5.91 Å². The van der Waals surface area contributed by atoms with Gasteiger partial charge in [-0.15, -0.1) is 0 Å². The van der Waals surface area contributed by atoms with Gasteiger partial charge in [-0.1, -0.05) is 35.9 Å². The van der Waals surface area contributed by atoms with Crippen LogP contribution >= 0.6 is 11.6 Å². The summed E-state index contributed by atoms with van der Waals surface area (Å²) in [6.45, 7) is 5.97. The van der Waals surface area contributed by atoms with Crippen LogP contribution in [0.4, 0.5) is 0 Å². The zero-order chi connectivity index (χ0) is 15.4. The van der Waals surface area contributed by atoms with Gasteiger partial charge in [0.15, 0.2) is 0 Å².